The highest BCUT2D eigenvalue weighted by Crippen LogP contribution is 2.26. The maximum Gasteiger partial charge on any atom is 0.237 e. The number of thiophene rings is 1. The first-order valence-electron chi connectivity index (χ1n) is 7.92. The molecule has 3 aromatic rings. The Morgan fingerprint density at radius 3 is 2.96 bits per heavy atom. The molecule has 0 saturated heterocycles. The average Bonchev–Trinajstić information content (AvgIpc) is 3.03. The SMILES string of the molecule is NC(CS)CNc1cccnc1OCCc1cc2ccccc2s1. The van der Waals surface area contributed by atoms with Crippen LogP contribution in [0.25, 0.3) is 10.1 Å². The van der Waals surface area contributed by atoms with Gasteiger partial charge in [-0.15, -0.1) is 11.3 Å². The van der Waals surface area contributed by atoms with Crippen LogP contribution in [0.2, 0.25) is 0 Å². The Morgan fingerprint density at radius 1 is 1.25 bits per heavy atom. The highest BCUT2D eigenvalue weighted by Gasteiger charge is 2.07. The van der Waals surface area contributed by atoms with Crippen molar-refractivity contribution in [3.8, 4) is 5.88 Å². The molecule has 0 radical (unpaired) electrons. The van der Waals surface area contributed by atoms with Gasteiger partial charge < -0.3 is 15.8 Å². The summed E-state index contributed by atoms with van der Waals surface area (Å²) in [5.74, 6) is 1.25. The van der Waals surface area contributed by atoms with Crippen molar-refractivity contribution in [2.45, 2.75) is 12.5 Å². The first-order valence-corrected chi connectivity index (χ1v) is 9.37. The van der Waals surface area contributed by atoms with Crippen molar-refractivity contribution in [2.24, 2.45) is 5.73 Å². The van der Waals surface area contributed by atoms with Crippen molar-refractivity contribution in [1.82, 2.24) is 4.98 Å². The average molecular weight is 360 g/mol. The van der Waals surface area contributed by atoms with Crippen molar-refractivity contribution < 1.29 is 4.74 Å². The molecule has 0 aliphatic rings. The highest BCUT2D eigenvalue weighted by molar-refractivity contribution is 7.80. The molecule has 0 fully saturated rings. The third-order valence-corrected chi connectivity index (χ3v) is 5.27. The van der Waals surface area contributed by atoms with E-state index in [1.165, 1.54) is 15.0 Å². The van der Waals surface area contributed by atoms with Crippen LogP contribution in [0.15, 0.2) is 48.7 Å². The van der Waals surface area contributed by atoms with E-state index in [1.807, 2.05) is 23.5 Å². The van der Waals surface area contributed by atoms with E-state index in [1.54, 1.807) is 6.20 Å². The molecule has 1 unspecified atom stereocenters. The number of hydrogen-bond acceptors (Lipinski definition) is 6. The third kappa shape index (κ3) is 4.41. The number of thiol groups is 1. The van der Waals surface area contributed by atoms with Gasteiger partial charge in [-0.1, -0.05) is 18.2 Å². The van der Waals surface area contributed by atoms with Crippen LogP contribution in [0.5, 0.6) is 5.88 Å². The van der Waals surface area contributed by atoms with E-state index in [9.17, 15) is 0 Å². The summed E-state index contributed by atoms with van der Waals surface area (Å²) >= 11 is 6.01. The molecule has 4 nitrogen and oxygen atoms in total. The maximum absolute atomic E-state index is 5.89. The van der Waals surface area contributed by atoms with Gasteiger partial charge in [-0.3, -0.25) is 0 Å². The van der Waals surface area contributed by atoms with Crippen molar-refractivity contribution in [2.75, 3.05) is 24.2 Å². The highest BCUT2D eigenvalue weighted by atomic mass is 32.1. The Balaban J connectivity index is 1.58. The smallest absolute Gasteiger partial charge is 0.237 e. The lowest BCUT2D eigenvalue weighted by Gasteiger charge is -2.14. The van der Waals surface area contributed by atoms with Crippen molar-refractivity contribution in [1.29, 1.82) is 0 Å². The molecule has 126 valence electrons. The van der Waals surface area contributed by atoms with Crippen LogP contribution in [0.1, 0.15) is 4.88 Å². The van der Waals surface area contributed by atoms with Crippen LogP contribution in [0.4, 0.5) is 5.69 Å². The molecule has 0 aliphatic carbocycles. The summed E-state index contributed by atoms with van der Waals surface area (Å²) in [4.78, 5) is 5.63. The number of aromatic nitrogens is 1. The zero-order valence-corrected chi connectivity index (χ0v) is 15.0. The number of anilines is 1. The summed E-state index contributed by atoms with van der Waals surface area (Å²) in [6, 6.07) is 14.5. The summed E-state index contributed by atoms with van der Waals surface area (Å²) in [5.41, 5.74) is 6.75. The Hall–Kier alpha value is -1.76. The number of pyridine rings is 1. The number of rotatable bonds is 8. The number of fused-ring (bicyclic) bond motifs is 1. The normalized spacial score (nSPS) is 12.2. The molecule has 6 heteroatoms. The molecular weight excluding hydrogens is 338 g/mol. The predicted octanol–water partition coefficient (Wildman–Crippen LogP) is 3.59. The van der Waals surface area contributed by atoms with Gasteiger partial charge in [0.05, 0.1) is 12.3 Å². The number of benzene rings is 1. The number of hydrogen-bond donors (Lipinski definition) is 3. The zero-order valence-electron chi connectivity index (χ0n) is 13.3. The Morgan fingerprint density at radius 2 is 2.12 bits per heavy atom. The van der Waals surface area contributed by atoms with Gasteiger partial charge in [0, 0.05) is 40.5 Å². The molecule has 0 saturated carbocycles. The molecule has 2 aromatic heterocycles. The van der Waals surface area contributed by atoms with E-state index in [0.29, 0.717) is 24.8 Å². The van der Waals surface area contributed by atoms with Gasteiger partial charge in [0.2, 0.25) is 5.88 Å². The lowest BCUT2D eigenvalue weighted by atomic mass is 10.2. The number of nitrogens with zero attached hydrogens (tertiary/aromatic N) is 1. The van der Waals surface area contributed by atoms with Crippen LogP contribution in [0, 0.1) is 0 Å². The molecule has 0 bridgehead atoms. The second-order valence-corrected chi connectivity index (χ2v) is 7.06. The van der Waals surface area contributed by atoms with Crippen LogP contribution in [-0.4, -0.2) is 29.9 Å². The third-order valence-electron chi connectivity index (χ3n) is 3.62. The van der Waals surface area contributed by atoms with E-state index < -0.39 is 0 Å². The summed E-state index contributed by atoms with van der Waals surface area (Å²) in [6.07, 6.45) is 2.60. The quantitative estimate of drug-likeness (QED) is 0.538. The van der Waals surface area contributed by atoms with Crippen LogP contribution >= 0.6 is 24.0 Å². The summed E-state index contributed by atoms with van der Waals surface area (Å²) in [7, 11) is 0. The van der Waals surface area contributed by atoms with Gasteiger partial charge in [0.1, 0.15) is 0 Å². The van der Waals surface area contributed by atoms with E-state index >= 15 is 0 Å². The molecular formula is C18H21N3OS2. The first kappa shape index (κ1) is 17.1. The molecule has 0 spiro atoms. The number of nitrogens with two attached hydrogens (primary N) is 1. The molecule has 3 N–H and O–H groups in total. The molecule has 2 heterocycles. The van der Waals surface area contributed by atoms with E-state index in [0.717, 1.165) is 12.1 Å². The second-order valence-electron chi connectivity index (χ2n) is 5.53. The fourth-order valence-corrected chi connectivity index (χ4v) is 3.53. The topological polar surface area (TPSA) is 60.2 Å². The maximum atomic E-state index is 5.89. The lowest BCUT2D eigenvalue weighted by molar-refractivity contribution is 0.312. The van der Waals surface area contributed by atoms with Gasteiger partial charge in [-0.25, -0.2) is 4.98 Å². The van der Waals surface area contributed by atoms with E-state index in [-0.39, 0.29) is 6.04 Å². The number of nitrogens with one attached hydrogen (secondary N) is 1. The zero-order chi connectivity index (χ0) is 16.8. The van der Waals surface area contributed by atoms with Crippen molar-refractivity contribution in [3.63, 3.8) is 0 Å². The van der Waals surface area contributed by atoms with Gasteiger partial charge in [0.25, 0.3) is 0 Å². The van der Waals surface area contributed by atoms with E-state index in [4.69, 9.17) is 10.5 Å². The minimum atomic E-state index is -0.0000575. The van der Waals surface area contributed by atoms with Crippen LogP contribution < -0.4 is 15.8 Å². The number of ether oxygens (including phenoxy) is 1. The monoisotopic (exact) mass is 359 g/mol. The standard InChI is InChI=1S/C18H21N3OS2/c19-14(12-23)11-21-16-5-3-8-20-18(16)22-9-7-15-10-13-4-1-2-6-17(13)24-15/h1-6,8,10,14,21,23H,7,9,11-12,19H2. The van der Waals surface area contributed by atoms with Crippen molar-refractivity contribution >= 4 is 39.7 Å². The van der Waals surface area contributed by atoms with Crippen molar-refractivity contribution in [3.05, 3.63) is 53.5 Å². The molecule has 0 amide bonds. The second kappa shape index (κ2) is 8.37. The molecule has 24 heavy (non-hydrogen) atoms. The Labute approximate surface area is 151 Å². The molecule has 1 aromatic carbocycles. The summed E-state index contributed by atoms with van der Waals surface area (Å²) in [5, 5.41) is 4.57. The Bertz CT molecular complexity index is 758. The van der Waals surface area contributed by atoms with Gasteiger partial charge in [-0.2, -0.15) is 12.6 Å². The van der Waals surface area contributed by atoms with Crippen LogP contribution in [-0.2, 0) is 6.42 Å². The Kier molecular flexibility index (Phi) is 5.96. The molecule has 1 atom stereocenters. The van der Waals surface area contributed by atoms with Crippen LogP contribution in [0.3, 0.4) is 0 Å². The molecule has 3 rings (SSSR count). The van der Waals surface area contributed by atoms with E-state index in [2.05, 4.69) is 53.3 Å². The lowest BCUT2D eigenvalue weighted by Crippen LogP contribution is -2.30. The largest absolute Gasteiger partial charge is 0.476 e. The fraction of sp³-hybridized carbons (Fsp3) is 0.278. The summed E-state index contributed by atoms with van der Waals surface area (Å²) in [6.45, 7) is 1.24. The van der Waals surface area contributed by atoms with Gasteiger partial charge in [-0.05, 0) is 29.7 Å². The predicted molar refractivity (Wildman–Crippen MR) is 106 cm³/mol. The van der Waals surface area contributed by atoms with Gasteiger partial charge in [0.15, 0.2) is 0 Å². The minimum Gasteiger partial charge on any atom is -0.476 e. The van der Waals surface area contributed by atoms with Gasteiger partial charge >= 0.3 is 0 Å². The fourth-order valence-electron chi connectivity index (χ4n) is 2.35. The summed E-state index contributed by atoms with van der Waals surface area (Å²) < 4.78 is 7.19. The first-order chi connectivity index (χ1) is 11.8. The molecule has 0 aliphatic heterocycles. The minimum absolute atomic E-state index is 0.0000575.